The fourth-order valence-electron chi connectivity index (χ4n) is 1.97. The van der Waals surface area contributed by atoms with Crippen LogP contribution in [0, 0.1) is 0 Å². The van der Waals surface area contributed by atoms with E-state index in [0.29, 0.717) is 12.5 Å². The first kappa shape index (κ1) is 18.8. The lowest BCUT2D eigenvalue weighted by molar-refractivity contribution is -0.120. The number of amides is 1. The van der Waals surface area contributed by atoms with Gasteiger partial charge in [0.2, 0.25) is 5.91 Å². The number of nitrogens with one attached hydrogen (secondary N) is 3. The number of benzene rings is 1. The maximum absolute atomic E-state index is 11.9. The molecule has 0 radical (unpaired) electrons. The van der Waals surface area contributed by atoms with Crippen LogP contribution in [0.15, 0.2) is 29.3 Å². The summed E-state index contributed by atoms with van der Waals surface area (Å²) in [6.45, 7) is 3.72. The maximum Gasteiger partial charge on any atom is 0.239 e. The number of aliphatic imine (C=N–C) groups is 1. The van der Waals surface area contributed by atoms with E-state index in [9.17, 15) is 4.79 Å². The number of carbonyl (C=O) groups is 1. The number of guanidine groups is 1. The Labute approximate surface area is 138 Å². The molecule has 3 N–H and O–H groups in total. The molecule has 0 aliphatic heterocycles. The third-order valence-corrected chi connectivity index (χ3v) is 3.36. The van der Waals surface area contributed by atoms with E-state index in [1.165, 1.54) is 12.8 Å². The van der Waals surface area contributed by atoms with Gasteiger partial charge in [-0.1, -0.05) is 31.9 Å². The summed E-state index contributed by atoms with van der Waals surface area (Å²) in [7, 11) is 3.33. The highest BCUT2D eigenvalue weighted by Gasteiger charge is 2.03. The molecule has 23 heavy (non-hydrogen) atoms. The summed E-state index contributed by atoms with van der Waals surface area (Å²) in [4.78, 5) is 16.0. The van der Waals surface area contributed by atoms with Crippen LogP contribution in [-0.2, 0) is 11.3 Å². The number of carbonyl (C=O) groups excluding carboxylic acids is 1. The highest BCUT2D eigenvalue weighted by molar-refractivity contribution is 5.86. The van der Waals surface area contributed by atoms with Crippen molar-refractivity contribution in [2.45, 2.75) is 32.7 Å². The molecule has 128 valence electrons. The summed E-state index contributed by atoms with van der Waals surface area (Å²) < 4.78 is 5.10. The normalized spacial score (nSPS) is 11.0. The van der Waals surface area contributed by atoms with Gasteiger partial charge in [0, 0.05) is 20.1 Å². The second-order valence-corrected chi connectivity index (χ2v) is 5.18. The van der Waals surface area contributed by atoms with E-state index in [4.69, 9.17) is 4.74 Å². The van der Waals surface area contributed by atoms with E-state index in [-0.39, 0.29) is 12.5 Å². The second kappa shape index (κ2) is 11.3. The largest absolute Gasteiger partial charge is 0.497 e. The first-order valence-corrected chi connectivity index (χ1v) is 8.03. The molecule has 0 saturated heterocycles. The van der Waals surface area contributed by atoms with Crippen LogP contribution in [0.4, 0.5) is 0 Å². The van der Waals surface area contributed by atoms with Crippen molar-refractivity contribution in [3.63, 3.8) is 0 Å². The number of unbranched alkanes of at least 4 members (excludes halogenated alkanes) is 2. The first-order chi connectivity index (χ1) is 11.2. The molecule has 1 aromatic rings. The first-order valence-electron chi connectivity index (χ1n) is 8.03. The average Bonchev–Trinajstić information content (AvgIpc) is 2.59. The van der Waals surface area contributed by atoms with Crippen molar-refractivity contribution < 1.29 is 9.53 Å². The molecule has 1 rings (SSSR count). The Kier molecular flexibility index (Phi) is 9.28. The fourth-order valence-corrected chi connectivity index (χ4v) is 1.97. The van der Waals surface area contributed by atoms with Crippen LogP contribution in [0.3, 0.4) is 0 Å². The van der Waals surface area contributed by atoms with Crippen molar-refractivity contribution in [3.8, 4) is 5.75 Å². The molecule has 6 nitrogen and oxygen atoms in total. The molecular weight excluding hydrogens is 292 g/mol. The van der Waals surface area contributed by atoms with Gasteiger partial charge < -0.3 is 20.7 Å². The molecule has 1 aromatic carbocycles. The van der Waals surface area contributed by atoms with Crippen molar-refractivity contribution >= 4 is 11.9 Å². The summed E-state index contributed by atoms with van der Waals surface area (Å²) >= 11 is 0. The van der Waals surface area contributed by atoms with Crippen LogP contribution in [-0.4, -0.2) is 39.1 Å². The van der Waals surface area contributed by atoms with E-state index in [2.05, 4.69) is 27.9 Å². The Morgan fingerprint density at radius 3 is 2.48 bits per heavy atom. The number of hydrogen-bond donors (Lipinski definition) is 3. The molecule has 0 atom stereocenters. The van der Waals surface area contributed by atoms with Crippen molar-refractivity contribution in [2.75, 3.05) is 27.2 Å². The Bertz CT molecular complexity index is 486. The van der Waals surface area contributed by atoms with E-state index in [1.807, 2.05) is 24.3 Å². The molecule has 0 aliphatic carbocycles. The minimum absolute atomic E-state index is 0.0719. The van der Waals surface area contributed by atoms with Gasteiger partial charge >= 0.3 is 0 Å². The van der Waals surface area contributed by atoms with Crippen LogP contribution >= 0.6 is 0 Å². The smallest absolute Gasteiger partial charge is 0.239 e. The van der Waals surface area contributed by atoms with Gasteiger partial charge in [0.1, 0.15) is 5.75 Å². The fraction of sp³-hybridized carbons (Fsp3) is 0.529. The van der Waals surface area contributed by atoms with Gasteiger partial charge in [-0.15, -0.1) is 0 Å². The molecule has 0 heterocycles. The SMILES string of the molecule is CCCCCNC(=NC)NCC(=O)NCc1ccc(OC)cc1. The molecule has 6 heteroatoms. The number of methoxy groups -OCH3 is 1. The highest BCUT2D eigenvalue weighted by atomic mass is 16.5. The minimum atomic E-state index is -0.0719. The topological polar surface area (TPSA) is 74.8 Å². The van der Waals surface area contributed by atoms with E-state index < -0.39 is 0 Å². The van der Waals surface area contributed by atoms with Crippen molar-refractivity contribution in [2.24, 2.45) is 4.99 Å². The monoisotopic (exact) mass is 320 g/mol. The molecule has 0 aliphatic rings. The zero-order chi connectivity index (χ0) is 16.9. The quantitative estimate of drug-likeness (QED) is 0.367. The summed E-state index contributed by atoms with van der Waals surface area (Å²) in [5, 5.41) is 9.07. The van der Waals surface area contributed by atoms with Crippen LogP contribution in [0.1, 0.15) is 31.7 Å². The van der Waals surface area contributed by atoms with Gasteiger partial charge in [-0.2, -0.15) is 0 Å². The summed E-state index contributed by atoms with van der Waals surface area (Å²) in [5.74, 6) is 1.39. The van der Waals surface area contributed by atoms with Gasteiger partial charge in [-0.3, -0.25) is 9.79 Å². The minimum Gasteiger partial charge on any atom is -0.497 e. The van der Waals surface area contributed by atoms with Crippen molar-refractivity contribution in [1.29, 1.82) is 0 Å². The summed E-state index contributed by atoms with van der Waals surface area (Å²) in [6.07, 6.45) is 3.47. The number of hydrogen-bond acceptors (Lipinski definition) is 3. The predicted octanol–water partition coefficient (Wildman–Crippen LogP) is 1.67. The van der Waals surface area contributed by atoms with E-state index >= 15 is 0 Å². The zero-order valence-corrected chi connectivity index (χ0v) is 14.3. The molecule has 1 amide bonds. The molecule has 0 aromatic heterocycles. The highest BCUT2D eigenvalue weighted by Crippen LogP contribution is 2.10. The van der Waals surface area contributed by atoms with Crippen LogP contribution in [0.25, 0.3) is 0 Å². The van der Waals surface area contributed by atoms with Crippen molar-refractivity contribution in [1.82, 2.24) is 16.0 Å². The van der Waals surface area contributed by atoms with Crippen LogP contribution in [0.5, 0.6) is 5.75 Å². The second-order valence-electron chi connectivity index (χ2n) is 5.18. The summed E-state index contributed by atoms with van der Waals surface area (Å²) in [6, 6.07) is 7.62. The Morgan fingerprint density at radius 1 is 1.13 bits per heavy atom. The van der Waals surface area contributed by atoms with E-state index in [1.54, 1.807) is 14.2 Å². The number of rotatable bonds is 9. The van der Waals surface area contributed by atoms with Gasteiger partial charge in [0.05, 0.1) is 13.7 Å². The average molecular weight is 320 g/mol. The van der Waals surface area contributed by atoms with Gasteiger partial charge in [0.15, 0.2) is 5.96 Å². The van der Waals surface area contributed by atoms with E-state index in [0.717, 1.165) is 24.3 Å². The molecular formula is C17H28N4O2. The lowest BCUT2D eigenvalue weighted by Gasteiger charge is -2.12. The molecule has 0 saturated carbocycles. The predicted molar refractivity (Wildman–Crippen MR) is 93.7 cm³/mol. The molecule has 0 spiro atoms. The Hall–Kier alpha value is -2.24. The van der Waals surface area contributed by atoms with Gasteiger partial charge in [-0.05, 0) is 24.1 Å². The lowest BCUT2D eigenvalue weighted by atomic mass is 10.2. The number of ether oxygens (including phenoxy) is 1. The number of nitrogens with zero attached hydrogens (tertiary/aromatic N) is 1. The Morgan fingerprint density at radius 2 is 1.87 bits per heavy atom. The Balaban J connectivity index is 2.24. The molecule has 0 bridgehead atoms. The van der Waals surface area contributed by atoms with Gasteiger partial charge in [0.25, 0.3) is 0 Å². The maximum atomic E-state index is 11.9. The standard InChI is InChI=1S/C17H28N4O2/c1-4-5-6-11-19-17(18-2)21-13-16(22)20-12-14-7-9-15(23-3)10-8-14/h7-10H,4-6,11-13H2,1-3H3,(H,20,22)(H2,18,19,21). The van der Waals surface area contributed by atoms with Crippen molar-refractivity contribution in [3.05, 3.63) is 29.8 Å². The van der Waals surface area contributed by atoms with Gasteiger partial charge in [-0.25, -0.2) is 0 Å². The molecule has 0 fully saturated rings. The van der Waals surface area contributed by atoms with Crippen LogP contribution < -0.4 is 20.7 Å². The molecule has 0 unspecified atom stereocenters. The zero-order valence-electron chi connectivity index (χ0n) is 14.3. The third kappa shape index (κ3) is 8.09. The lowest BCUT2D eigenvalue weighted by Crippen LogP contribution is -2.43. The summed E-state index contributed by atoms with van der Waals surface area (Å²) in [5.41, 5.74) is 1.03. The van der Waals surface area contributed by atoms with Crippen LogP contribution in [0.2, 0.25) is 0 Å². The third-order valence-electron chi connectivity index (χ3n) is 3.36.